The lowest BCUT2D eigenvalue weighted by Crippen LogP contribution is -2.50. The standard InChI is InChI=1S/C19H19N3O4S3/c1-20-16-6-5-15(13-17(16)28-19(20)24)29(25,26)22-10-8-21(9-11-22)18(23)7-4-14-3-2-12-27-14/h2-7,12-13H,8-11H2,1H3. The third-order valence-corrected chi connectivity index (χ3v) is 8.61. The van der Waals surface area contributed by atoms with Crippen molar-refractivity contribution in [2.45, 2.75) is 4.90 Å². The van der Waals surface area contributed by atoms with Crippen molar-refractivity contribution >= 4 is 54.9 Å². The first-order valence-corrected chi connectivity index (χ1v) is 12.1. The maximum absolute atomic E-state index is 13.0. The number of nitrogens with zero attached hydrogens (tertiary/aromatic N) is 3. The molecular formula is C19H19N3O4S3. The minimum Gasteiger partial charge on any atom is -0.337 e. The number of carbonyl (C=O) groups excluding carboxylic acids is 1. The molecule has 0 radical (unpaired) electrons. The number of thiophene rings is 1. The van der Waals surface area contributed by atoms with E-state index in [1.54, 1.807) is 41.5 Å². The number of thiazole rings is 1. The summed E-state index contributed by atoms with van der Waals surface area (Å²) in [5.41, 5.74) is 0.715. The zero-order chi connectivity index (χ0) is 20.6. The summed E-state index contributed by atoms with van der Waals surface area (Å²) >= 11 is 2.58. The second kappa shape index (κ2) is 7.86. The van der Waals surface area contributed by atoms with Gasteiger partial charge in [-0.05, 0) is 35.7 Å². The van der Waals surface area contributed by atoms with Crippen molar-refractivity contribution in [1.29, 1.82) is 0 Å². The van der Waals surface area contributed by atoms with Crippen LogP contribution in [0.4, 0.5) is 0 Å². The molecule has 0 N–H and O–H groups in total. The van der Waals surface area contributed by atoms with Gasteiger partial charge in [-0.3, -0.25) is 9.59 Å². The zero-order valence-electron chi connectivity index (χ0n) is 15.6. The van der Waals surface area contributed by atoms with Gasteiger partial charge in [-0.1, -0.05) is 17.4 Å². The Labute approximate surface area is 176 Å². The van der Waals surface area contributed by atoms with E-state index in [-0.39, 0.29) is 28.8 Å². The van der Waals surface area contributed by atoms with Crippen LogP contribution in [0.2, 0.25) is 0 Å². The minimum atomic E-state index is -3.68. The minimum absolute atomic E-state index is 0.120. The molecule has 29 heavy (non-hydrogen) atoms. The maximum Gasteiger partial charge on any atom is 0.307 e. The maximum atomic E-state index is 13.0. The fraction of sp³-hybridized carbons (Fsp3) is 0.263. The molecule has 4 rings (SSSR count). The van der Waals surface area contributed by atoms with Crippen LogP contribution in [0.15, 0.2) is 51.5 Å². The third kappa shape index (κ3) is 3.93. The van der Waals surface area contributed by atoms with Crippen LogP contribution >= 0.6 is 22.7 Å². The molecular weight excluding hydrogens is 430 g/mol. The molecule has 0 aliphatic carbocycles. The molecule has 2 aromatic heterocycles. The molecule has 0 atom stereocenters. The molecule has 3 aromatic rings. The van der Waals surface area contributed by atoms with Gasteiger partial charge in [0, 0.05) is 44.2 Å². The van der Waals surface area contributed by atoms with Crippen LogP contribution in [0.25, 0.3) is 16.3 Å². The van der Waals surface area contributed by atoms with E-state index in [0.717, 1.165) is 16.2 Å². The number of hydrogen-bond donors (Lipinski definition) is 0. The van der Waals surface area contributed by atoms with Crippen LogP contribution in [0.5, 0.6) is 0 Å². The Bertz CT molecular complexity index is 1230. The molecule has 1 saturated heterocycles. The van der Waals surface area contributed by atoms with Crippen molar-refractivity contribution in [2.75, 3.05) is 26.2 Å². The van der Waals surface area contributed by atoms with Crippen molar-refractivity contribution in [3.63, 3.8) is 0 Å². The van der Waals surface area contributed by atoms with E-state index < -0.39 is 10.0 Å². The number of aryl methyl sites for hydroxylation is 1. The van der Waals surface area contributed by atoms with Gasteiger partial charge in [-0.2, -0.15) is 4.31 Å². The summed E-state index contributed by atoms with van der Waals surface area (Å²) in [6.07, 6.45) is 3.30. The average molecular weight is 450 g/mol. The first kappa shape index (κ1) is 20.0. The number of hydrogen-bond acceptors (Lipinski definition) is 6. The van der Waals surface area contributed by atoms with Gasteiger partial charge in [0.25, 0.3) is 0 Å². The second-order valence-corrected chi connectivity index (χ2v) is 10.5. The molecule has 1 aliphatic heterocycles. The normalized spacial score (nSPS) is 16.1. The highest BCUT2D eigenvalue weighted by molar-refractivity contribution is 7.89. The average Bonchev–Trinajstić information content (AvgIpc) is 3.34. The summed E-state index contributed by atoms with van der Waals surface area (Å²) in [5, 5.41) is 1.94. The lowest BCUT2D eigenvalue weighted by molar-refractivity contribution is -0.127. The Morgan fingerprint density at radius 1 is 1.14 bits per heavy atom. The van der Waals surface area contributed by atoms with Crippen molar-refractivity contribution < 1.29 is 13.2 Å². The van der Waals surface area contributed by atoms with Gasteiger partial charge in [0.2, 0.25) is 15.9 Å². The first-order valence-electron chi connectivity index (χ1n) is 8.96. The molecule has 0 unspecified atom stereocenters. The van der Waals surface area contributed by atoms with Crippen LogP contribution in [0.1, 0.15) is 4.88 Å². The number of benzene rings is 1. The van der Waals surface area contributed by atoms with E-state index in [1.807, 2.05) is 17.5 Å². The Kier molecular flexibility index (Phi) is 5.43. The second-order valence-electron chi connectivity index (χ2n) is 6.63. The summed E-state index contributed by atoms with van der Waals surface area (Å²) in [4.78, 5) is 26.9. The van der Waals surface area contributed by atoms with Crippen LogP contribution in [0, 0.1) is 0 Å². The molecule has 0 spiro atoms. The number of carbonyl (C=O) groups is 1. The molecule has 1 aliphatic rings. The van der Waals surface area contributed by atoms with Crippen molar-refractivity contribution in [3.8, 4) is 0 Å². The fourth-order valence-electron chi connectivity index (χ4n) is 3.22. The van der Waals surface area contributed by atoms with Crippen LogP contribution in [0.3, 0.4) is 0 Å². The van der Waals surface area contributed by atoms with Crippen molar-refractivity contribution in [3.05, 3.63) is 56.3 Å². The molecule has 1 fully saturated rings. The number of rotatable bonds is 4. The van der Waals surface area contributed by atoms with Gasteiger partial charge < -0.3 is 9.47 Å². The zero-order valence-corrected chi connectivity index (χ0v) is 18.1. The van der Waals surface area contributed by atoms with E-state index in [2.05, 4.69) is 0 Å². The number of piperazine rings is 1. The smallest absolute Gasteiger partial charge is 0.307 e. The Morgan fingerprint density at radius 2 is 1.90 bits per heavy atom. The predicted octanol–water partition coefficient (Wildman–Crippen LogP) is 2.21. The van der Waals surface area contributed by atoms with E-state index in [9.17, 15) is 18.0 Å². The quantitative estimate of drug-likeness (QED) is 0.572. The van der Waals surface area contributed by atoms with Gasteiger partial charge >= 0.3 is 4.87 Å². The molecule has 1 amide bonds. The summed E-state index contributed by atoms with van der Waals surface area (Å²) in [6.45, 7) is 1.16. The molecule has 0 saturated carbocycles. The monoisotopic (exact) mass is 449 g/mol. The lowest BCUT2D eigenvalue weighted by Gasteiger charge is -2.33. The summed E-state index contributed by atoms with van der Waals surface area (Å²) < 4.78 is 29.6. The van der Waals surface area contributed by atoms with Gasteiger partial charge in [-0.15, -0.1) is 11.3 Å². The van der Waals surface area contributed by atoms with Crippen LogP contribution in [-0.2, 0) is 21.9 Å². The van der Waals surface area contributed by atoms with Gasteiger partial charge in [0.15, 0.2) is 0 Å². The molecule has 10 heteroatoms. The largest absolute Gasteiger partial charge is 0.337 e. The Hall–Kier alpha value is -2.27. The van der Waals surface area contributed by atoms with Crippen molar-refractivity contribution in [1.82, 2.24) is 13.8 Å². The first-order chi connectivity index (χ1) is 13.9. The molecule has 7 nitrogen and oxygen atoms in total. The third-order valence-electron chi connectivity index (χ3n) is 4.89. The number of aromatic nitrogens is 1. The van der Waals surface area contributed by atoms with E-state index in [0.29, 0.717) is 23.3 Å². The SMILES string of the molecule is Cn1c(=O)sc2cc(S(=O)(=O)N3CCN(C(=O)C=Cc4cccs4)CC3)ccc21. The van der Waals surface area contributed by atoms with Gasteiger partial charge in [-0.25, -0.2) is 8.42 Å². The lowest BCUT2D eigenvalue weighted by atomic mass is 10.3. The highest BCUT2D eigenvalue weighted by atomic mass is 32.2. The molecule has 0 bridgehead atoms. The topological polar surface area (TPSA) is 79.7 Å². The highest BCUT2D eigenvalue weighted by Gasteiger charge is 2.30. The van der Waals surface area contributed by atoms with Crippen LogP contribution in [-0.4, -0.2) is 54.3 Å². The summed E-state index contributed by atoms with van der Waals surface area (Å²) in [5.74, 6) is -0.120. The fourth-order valence-corrected chi connectivity index (χ4v) is 6.28. The van der Waals surface area contributed by atoms with E-state index in [1.165, 1.54) is 21.0 Å². The Balaban J connectivity index is 1.46. The Morgan fingerprint density at radius 3 is 2.59 bits per heavy atom. The van der Waals surface area contributed by atoms with E-state index >= 15 is 0 Å². The number of sulfonamides is 1. The predicted molar refractivity (Wildman–Crippen MR) is 116 cm³/mol. The highest BCUT2D eigenvalue weighted by Crippen LogP contribution is 2.24. The van der Waals surface area contributed by atoms with E-state index in [4.69, 9.17) is 0 Å². The summed E-state index contributed by atoms with van der Waals surface area (Å²) in [6, 6.07) is 8.60. The molecule has 152 valence electrons. The van der Waals surface area contributed by atoms with Crippen LogP contribution < -0.4 is 4.87 Å². The molecule has 1 aromatic carbocycles. The molecule has 3 heterocycles. The number of fused-ring (bicyclic) bond motifs is 1. The van der Waals surface area contributed by atoms with Gasteiger partial charge in [0.05, 0.1) is 15.1 Å². The number of amides is 1. The summed E-state index contributed by atoms with van der Waals surface area (Å²) in [7, 11) is -2.01. The van der Waals surface area contributed by atoms with Crippen molar-refractivity contribution in [2.24, 2.45) is 7.05 Å². The van der Waals surface area contributed by atoms with Gasteiger partial charge in [0.1, 0.15) is 0 Å².